The van der Waals surface area contributed by atoms with Gasteiger partial charge < -0.3 is 10.2 Å². The van der Waals surface area contributed by atoms with Gasteiger partial charge in [0.15, 0.2) is 0 Å². The third kappa shape index (κ3) is 4.12. The maximum atomic E-state index is 12.0. The molecular weight excluding hydrogens is 276 g/mol. The van der Waals surface area contributed by atoms with E-state index in [-0.39, 0.29) is 6.03 Å². The molecule has 1 saturated heterocycles. The molecule has 1 aliphatic carbocycles. The lowest BCUT2D eigenvalue weighted by Gasteiger charge is -2.28. The second kappa shape index (κ2) is 7.47. The van der Waals surface area contributed by atoms with Gasteiger partial charge in [0, 0.05) is 19.1 Å². The van der Waals surface area contributed by atoms with Crippen molar-refractivity contribution in [2.75, 3.05) is 23.3 Å². The molecule has 5 heteroatoms. The second-order valence-corrected chi connectivity index (χ2v) is 6.38. The van der Waals surface area contributed by atoms with Crippen molar-refractivity contribution in [3.8, 4) is 0 Å². The van der Waals surface area contributed by atoms with E-state index < -0.39 is 0 Å². The minimum absolute atomic E-state index is 0.134. The Morgan fingerprint density at radius 2 is 1.77 bits per heavy atom. The molecule has 5 nitrogen and oxygen atoms in total. The average molecular weight is 302 g/mol. The zero-order valence-corrected chi connectivity index (χ0v) is 13.2. The lowest BCUT2D eigenvalue weighted by atomic mass is 9.96. The summed E-state index contributed by atoms with van der Waals surface area (Å²) >= 11 is 0. The number of hydrogen-bond acceptors (Lipinski definition) is 3. The number of carbonyl (C=O) groups excluding carboxylic acids is 1. The number of hydrogen-bond donors (Lipinski definition) is 2. The lowest BCUT2D eigenvalue weighted by Crippen LogP contribution is -2.39. The van der Waals surface area contributed by atoms with Crippen molar-refractivity contribution >= 4 is 17.5 Å². The minimum atomic E-state index is -0.134. The van der Waals surface area contributed by atoms with Gasteiger partial charge in [-0.15, -0.1) is 0 Å². The number of urea groups is 1. The largest absolute Gasteiger partial charge is 0.370 e. The van der Waals surface area contributed by atoms with Gasteiger partial charge in [0.25, 0.3) is 0 Å². The molecule has 2 amide bonds. The van der Waals surface area contributed by atoms with E-state index in [2.05, 4.69) is 26.6 Å². The first-order valence-corrected chi connectivity index (χ1v) is 8.60. The first kappa shape index (κ1) is 15.1. The van der Waals surface area contributed by atoms with E-state index in [9.17, 15) is 4.79 Å². The van der Waals surface area contributed by atoms with Gasteiger partial charge in [-0.1, -0.05) is 19.3 Å². The van der Waals surface area contributed by atoms with Crippen LogP contribution in [-0.4, -0.2) is 30.1 Å². The standard InChI is InChI=1S/C17H26N4O/c22-17(19-14-7-3-1-4-8-14)20-16-10-9-15(13-18-16)21-11-5-2-6-12-21/h9-10,13-14H,1-8,11-12H2,(H2,18,19,20,22). The van der Waals surface area contributed by atoms with Crippen LogP contribution in [-0.2, 0) is 0 Å². The highest BCUT2D eigenvalue weighted by Gasteiger charge is 2.16. The Kier molecular flexibility index (Phi) is 5.14. The van der Waals surface area contributed by atoms with Gasteiger partial charge in [-0.3, -0.25) is 5.32 Å². The summed E-state index contributed by atoms with van der Waals surface area (Å²) in [6.45, 7) is 2.22. The van der Waals surface area contributed by atoms with Crippen molar-refractivity contribution in [1.29, 1.82) is 0 Å². The number of aromatic nitrogens is 1. The summed E-state index contributed by atoms with van der Waals surface area (Å²) < 4.78 is 0. The molecule has 0 atom stereocenters. The number of piperidine rings is 1. The fourth-order valence-corrected chi connectivity index (χ4v) is 3.38. The van der Waals surface area contributed by atoms with Crippen LogP contribution in [0.1, 0.15) is 51.4 Å². The Morgan fingerprint density at radius 1 is 1.05 bits per heavy atom. The number of nitrogens with zero attached hydrogens (tertiary/aromatic N) is 2. The molecule has 1 aromatic heterocycles. The predicted octanol–water partition coefficient (Wildman–Crippen LogP) is 3.53. The molecule has 120 valence electrons. The maximum absolute atomic E-state index is 12.0. The van der Waals surface area contributed by atoms with E-state index in [1.807, 2.05) is 12.3 Å². The summed E-state index contributed by atoms with van der Waals surface area (Å²) in [6.07, 6.45) is 11.6. The zero-order chi connectivity index (χ0) is 15.2. The second-order valence-electron chi connectivity index (χ2n) is 6.38. The van der Waals surface area contributed by atoms with Gasteiger partial charge in [-0.2, -0.15) is 0 Å². The SMILES string of the molecule is O=C(Nc1ccc(N2CCCCC2)cn1)NC1CCCCC1. The fraction of sp³-hybridized carbons (Fsp3) is 0.647. The van der Waals surface area contributed by atoms with Crippen LogP contribution in [0.4, 0.5) is 16.3 Å². The number of rotatable bonds is 3. The first-order valence-electron chi connectivity index (χ1n) is 8.60. The van der Waals surface area contributed by atoms with Crippen molar-refractivity contribution in [3.63, 3.8) is 0 Å². The van der Waals surface area contributed by atoms with Crippen LogP contribution in [0, 0.1) is 0 Å². The summed E-state index contributed by atoms with van der Waals surface area (Å²) in [7, 11) is 0. The highest BCUT2D eigenvalue weighted by molar-refractivity contribution is 5.88. The molecular formula is C17H26N4O. The Morgan fingerprint density at radius 3 is 2.45 bits per heavy atom. The minimum Gasteiger partial charge on any atom is -0.370 e. The summed E-state index contributed by atoms with van der Waals surface area (Å²) in [4.78, 5) is 18.7. The lowest BCUT2D eigenvalue weighted by molar-refractivity contribution is 0.244. The average Bonchev–Trinajstić information content (AvgIpc) is 2.57. The highest BCUT2D eigenvalue weighted by atomic mass is 16.2. The maximum Gasteiger partial charge on any atom is 0.320 e. The molecule has 2 heterocycles. The van der Waals surface area contributed by atoms with Crippen molar-refractivity contribution in [3.05, 3.63) is 18.3 Å². The van der Waals surface area contributed by atoms with Crippen molar-refractivity contribution in [2.24, 2.45) is 0 Å². The van der Waals surface area contributed by atoms with Gasteiger partial charge in [0.2, 0.25) is 0 Å². The Bertz CT molecular complexity index is 476. The number of pyridine rings is 1. The summed E-state index contributed by atoms with van der Waals surface area (Å²) in [5.74, 6) is 0.620. The van der Waals surface area contributed by atoms with Crippen LogP contribution >= 0.6 is 0 Å². The fourth-order valence-electron chi connectivity index (χ4n) is 3.38. The van der Waals surface area contributed by atoms with Gasteiger partial charge in [0.1, 0.15) is 5.82 Å². The van der Waals surface area contributed by atoms with E-state index in [4.69, 9.17) is 0 Å². The number of nitrogens with one attached hydrogen (secondary N) is 2. The zero-order valence-electron chi connectivity index (χ0n) is 13.2. The van der Waals surface area contributed by atoms with E-state index in [0.29, 0.717) is 11.9 Å². The molecule has 0 unspecified atom stereocenters. The Labute approximate surface area is 132 Å². The molecule has 0 bridgehead atoms. The van der Waals surface area contributed by atoms with Crippen LogP contribution in [0.2, 0.25) is 0 Å². The first-order chi connectivity index (χ1) is 10.8. The van der Waals surface area contributed by atoms with Crippen molar-refractivity contribution < 1.29 is 4.79 Å². The quantitative estimate of drug-likeness (QED) is 0.898. The molecule has 3 rings (SSSR count). The third-order valence-corrected chi connectivity index (χ3v) is 4.65. The Balaban J connectivity index is 1.50. The molecule has 1 saturated carbocycles. The predicted molar refractivity (Wildman–Crippen MR) is 89.3 cm³/mol. The van der Waals surface area contributed by atoms with Crippen LogP contribution in [0.3, 0.4) is 0 Å². The molecule has 1 aromatic rings. The van der Waals surface area contributed by atoms with E-state index in [0.717, 1.165) is 31.6 Å². The number of amides is 2. The Hall–Kier alpha value is -1.78. The number of carbonyl (C=O) groups is 1. The normalized spacial score (nSPS) is 19.7. The molecule has 0 aromatic carbocycles. The molecule has 1 aliphatic heterocycles. The van der Waals surface area contributed by atoms with Crippen LogP contribution < -0.4 is 15.5 Å². The number of anilines is 2. The van der Waals surface area contributed by atoms with E-state index in [1.54, 1.807) is 0 Å². The molecule has 0 spiro atoms. The van der Waals surface area contributed by atoms with Gasteiger partial charge in [0.05, 0.1) is 11.9 Å². The smallest absolute Gasteiger partial charge is 0.320 e. The molecule has 22 heavy (non-hydrogen) atoms. The molecule has 0 radical (unpaired) electrons. The van der Waals surface area contributed by atoms with Crippen LogP contribution in [0.15, 0.2) is 18.3 Å². The molecule has 2 aliphatic rings. The van der Waals surface area contributed by atoms with Crippen molar-refractivity contribution in [2.45, 2.75) is 57.4 Å². The third-order valence-electron chi connectivity index (χ3n) is 4.65. The monoisotopic (exact) mass is 302 g/mol. The summed E-state index contributed by atoms with van der Waals surface area (Å²) in [6, 6.07) is 4.13. The van der Waals surface area contributed by atoms with Crippen molar-refractivity contribution in [1.82, 2.24) is 10.3 Å². The van der Waals surface area contributed by atoms with E-state index >= 15 is 0 Å². The van der Waals surface area contributed by atoms with Gasteiger partial charge in [-0.05, 0) is 44.2 Å². The van der Waals surface area contributed by atoms with E-state index in [1.165, 1.54) is 38.5 Å². The molecule has 2 N–H and O–H groups in total. The van der Waals surface area contributed by atoms with Gasteiger partial charge >= 0.3 is 6.03 Å². The topological polar surface area (TPSA) is 57.3 Å². The van der Waals surface area contributed by atoms with Gasteiger partial charge in [-0.25, -0.2) is 9.78 Å². The van der Waals surface area contributed by atoms with Crippen LogP contribution in [0.25, 0.3) is 0 Å². The molecule has 2 fully saturated rings. The highest BCUT2D eigenvalue weighted by Crippen LogP contribution is 2.20. The van der Waals surface area contributed by atoms with Crippen LogP contribution in [0.5, 0.6) is 0 Å². The summed E-state index contributed by atoms with van der Waals surface area (Å²) in [5.41, 5.74) is 1.15. The summed E-state index contributed by atoms with van der Waals surface area (Å²) in [5, 5.41) is 5.88.